The minimum atomic E-state index is -1.18. The van der Waals surface area contributed by atoms with E-state index in [0.29, 0.717) is 35.8 Å². The van der Waals surface area contributed by atoms with Crippen molar-refractivity contribution in [2.45, 2.75) is 31.5 Å². The zero-order chi connectivity index (χ0) is 31.4. The van der Waals surface area contributed by atoms with Gasteiger partial charge in [0.05, 0.1) is 58.7 Å². The molecule has 45 heavy (non-hydrogen) atoms. The summed E-state index contributed by atoms with van der Waals surface area (Å²) < 4.78 is 27.5. The molecule has 0 aliphatic carbocycles. The molecule has 1 N–H and O–H groups in total. The Bertz CT molecular complexity index is 1640. The summed E-state index contributed by atoms with van der Waals surface area (Å²) in [7, 11) is 2.08. The van der Waals surface area contributed by atoms with Crippen molar-refractivity contribution in [3.63, 3.8) is 0 Å². The number of amides is 1. The third-order valence-electron chi connectivity index (χ3n) is 9.34. The summed E-state index contributed by atoms with van der Waals surface area (Å²) in [4.78, 5) is 33.9. The second kappa shape index (κ2) is 12.0. The molecule has 3 fully saturated rings. The van der Waals surface area contributed by atoms with E-state index < -0.39 is 11.8 Å². The van der Waals surface area contributed by atoms with E-state index in [2.05, 4.69) is 21.7 Å². The molecule has 1 amide bonds. The zero-order valence-corrected chi connectivity index (χ0v) is 26.3. The van der Waals surface area contributed by atoms with Gasteiger partial charge in [-0.2, -0.15) is 0 Å². The summed E-state index contributed by atoms with van der Waals surface area (Å²) in [6.45, 7) is 4.63. The van der Waals surface area contributed by atoms with Crippen LogP contribution in [0.5, 0.6) is 5.75 Å². The summed E-state index contributed by atoms with van der Waals surface area (Å²) in [6, 6.07) is 11.7. The predicted octanol–water partition coefficient (Wildman–Crippen LogP) is 5.61. The number of carboxylic acids is 1. The van der Waals surface area contributed by atoms with E-state index in [1.807, 2.05) is 6.07 Å². The van der Waals surface area contributed by atoms with Crippen LogP contribution in [0.2, 0.25) is 10.0 Å². The number of halogens is 3. The van der Waals surface area contributed by atoms with Crippen LogP contribution < -0.4 is 14.5 Å². The number of nitrogens with zero attached hydrogens (tertiary/aromatic N) is 4. The zero-order valence-electron chi connectivity index (χ0n) is 24.8. The first kappa shape index (κ1) is 30.1. The molecule has 3 aromatic carbocycles. The topological polar surface area (TPSA) is 85.8 Å². The number of fused-ring (bicyclic) bond motifs is 3. The van der Waals surface area contributed by atoms with Gasteiger partial charge in [-0.3, -0.25) is 4.79 Å². The Balaban J connectivity index is 1.17. The van der Waals surface area contributed by atoms with E-state index >= 15 is 4.39 Å². The van der Waals surface area contributed by atoms with Crippen molar-refractivity contribution in [3.05, 3.63) is 75.0 Å². The Morgan fingerprint density at radius 2 is 1.64 bits per heavy atom. The number of anilines is 2. The molecule has 2 atom stereocenters. The van der Waals surface area contributed by atoms with Gasteiger partial charge in [0.15, 0.2) is 6.73 Å². The summed E-state index contributed by atoms with van der Waals surface area (Å²) in [6.07, 6.45) is 1.77. The summed E-state index contributed by atoms with van der Waals surface area (Å²) >= 11 is 13.3. The van der Waals surface area contributed by atoms with Crippen LogP contribution in [0, 0.1) is 5.82 Å². The number of rotatable bonds is 5. The third-order valence-corrected chi connectivity index (χ3v) is 9.94. The van der Waals surface area contributed by atoms with Gasteiger partial charge in [0, 0.05) is 48.6 Å². The number of carbonyl (C=O) groups is 2. The molecular formula is C33H33Cl2FN4O5. The first-order valence-electron chi connectivity index (χ1n) is 15.1. The van der Waals surface area contributed by atoms with Crippen LogP contribution in [0.1, 0.15) is 39.1 Å². The highest BCUT2D eigenvalue weighted by Gasteiger charge is 2.40. The minimum absolute atomic E-state index is 0.0370. The number of benzene rings is 3. The summed E-state index contributed by atoms with van der Waals surface area (Å²) in [5, 5.41) is 10.5. The largest absolute Gasteiger partial charge is 0.478 e. The van der Waals surface area contributed by atoms with Crippen LogP contribution in [0.3, 0.4) is 0 Å². The van der Waals surface area contributed by atoms with Crippen LogP contribution in [0.15, 0.2) is 42.5 Å². The number of para-hydroxylation sites is 1. The van der Waals surface area contributed by atoms with Crippen molar-refractivity contribution in [1.29, 1.82) is 0 Å². The number of aromatic carboxylic acids is 1. The standard InChI is InChI=1S/C33H33Cl2FN4O5/c1-37-7-9-38(10-8-37)22-11-26(34)30(27(35)12-22)32(41)39-15-19-3-2-4-23(31(19)45-18-39)24-14-29(25(33(42)43)13-28(24)36)40-20-5-6-21(40)17-44-16-20/h2-4,11-14,20-21H,5-10,15-18H2,1H3,(H,42,43). The van der Waals surface area contributed by atoms with Crippen molar-refractivity contribution in [2.24, 2.45) is 0 Å². The molecule has 4 aliphatic rings. The van der Waals surface area contributed by atoms with Gasteiger partial charge in [0.1, 0.15) is 11.6 Å². The lowest BCUT2D eigenvalue weighted by molar-refractivity contribution is 0.0516. The average molecular weight is 656 g/mol. The van der Waals surface area contributed by atoms with E-state index in [9.17, 15) is 14.7 Å². The normalized spacial score (nSPS) is 21.5. The monoisotopic (exact) mass is 654 g/mol. The quantitative estimate of drug-likeness (QED) is 0.380. The molecule has 2 unspecified atom stereocenters. The molecule has 9 nitrogen and oxygen atoms in total. The number of piperazine rings is 1. The number of likely N-dealkylation sites (N-methyl/N-ethyl adjacent to an activating group) is 1. The molecule has 3 saturated heterocycles. The molecule has 7 rings (SSSR count). The fourth-order valence-corrected chi connectivity index (χ4v) is 7.60. The van der Waals surface area contributed by atoms with Crippen LogP contribution in [0.25, 0.3) is 11.1 Å². The van der Waals surface area contributed by atoms with E-state index in [0.717, 1.165) is 50.8 Å². The molecular weight excluding hydrogens is 622 g/mol. The van der Waals surface area contributed by atoms with E-state index in [4.69, 9.17) is 32.7 Å². The summed E-state index contributed by atoms with van der Waals surface area (Å²) in [5.74, 6) is -1.77. The van der Waals surface area contributed by atoms with E-state index in [1.165, 1.54) is 4.90 Å². The van der Waals surface area contributed by atoms with E-state index in [-0.39, 0.29) is 58.0 Å². The molecule has 0 aromatic heterocycles. The van der Waals surface area contributed by atoms with Gasteiger partial charge in [-0.15, -0.1) is 0 Å². The molecule has 4 heterocycles. The van der Waals surface area contributed by atoms with Gasteiger partial charge in [-0.05, 0) is 44.2 Å². The fraction of sp³-hybridized carbons (Fsp3) is 0.394. The van der Waals surface area contributed by atoms with Gasteiger partial charge in [-0.1, -0.05) is 41.4 Å². The molecule has 0 radical (unpaired) electrons. The minimum Gasteiger partial charge on any atom is -0.478 e. The number of hydrogen-bond acceptors (Lipinski definition) is 7. The number of carboxylic acid groups (broad SMARTS) is 1. The highest BCUT2D eigenvalue weighted by molar-refractivity contribution is 6.40. The smallest absolute Gasteiger partial charge is 0.337 e. The maximum atomic E-state index is 15.7. The maximum Gasteiger partial charge on any atom is 0.337 e. The first-order chi connectivity index (χ1) is 21.7. The van der Waals surface area contributed by atoms with Gasteiger partial charge in [0.25, 0.3) is 5.91 Å². The Morgan fingerprint density at radius 3 is 2.31 bits per heavy atom. The molecule has 0 saturated carbocycles. The van der Waals surface area contributed by atoms with Crippen molar-refractivity contribution < 1.29 is 28.6 Å². The predicted molar refractivity (Wildman–Crippen MR) is 170 cm³/mol. The maximum absolute atomic E-state index is 15.7. The highest BCUT2D eigenvalue weighted by atomic mass is 35.5. The molecule has 0 spiro atoms. The van der Waals surface area contributed by atoms with Gasteiger partial charge >= 0.3 is 5.97 Å². The highest BCUT2D eigenvalue weighted by Crippen LogP contribution is 2.43. The van der Waals surface area contributed by atoms with Crippen LogP contribution in [0.4, 0.5) is 15.8 Å². The molecule has 2 bridgehead atoms. The molecule has 236 valence electrons. The third kappa shape index (κ3) is 5.48. The fourth-order valence-electron chi connectivity index (χ4n) is 6.96. The number of morpholine rings is 1. The van der Waals surface area contributed by atoms with E-state index in [1.54, 1.807) is 30.3 Å². The Labute approximate surface area is 270 Å². The molecule has 12 heteroatoms. The van der Waals surface area contributed by atoms with Crippen LogP contribution >= 0.6 is 23.2 Å². The van der Waals surface area contributed by atoms with Crippen LogP contribution in [-0.2, 0) is 11.3 Å². The lowest BCUT2D eigenvalue weighted by atomic mass is 9.96. The van der Waals surface area contributed by atoms with Crippen molar-refractivity contribution in [1.82, 2.24) is 9.80 Å². The van der Waals surface area contributed by atoms with Gasteiger partial charge < -0.3 is 34.2 Å². The van der Waals surface area contributed by atoms with Crippen molar-refractivity contribution >= 4 is 46.5 Å². The number of ether oxygens (including phenoxy) is 2. The first-order valence-corrected chi connectivity index (χ1v) is 15.8. The van der Waals surface area contributed by atoms with Gasteiger partial charge in [0.2, 0.25) is 0 Å². The lowest BCUT2D eigenvalue weighted by Gasteiger charge is -2.37. The van der Waals surface area contributed by atoms with Crippen molar-refractivity contribution in [2.75, 3.05) is 63.0 Å². The molecule has 3 aromatic rings. The number of hydrogen-bond donors (Lipinski definition) is 1. The molecule has 4 aliphatic heterocycles. The number of carbonyl (C=O) groups excluding carboxylic acids is 1. The van der Waals surface area contributed by atoms with Crippen molar-refractivity contribution in [3.8, 4) is 16.9 Å². The second-order valence-corrected chi connectivity index (χ2v) is 12.9. The summed E-state index contributed by atoms with van der Waals surface area (Å²) in [5.41, 5.74) is 2.89. The lowest BCUT2D eigenvalue weighted by Crippen LogP contribution is -2.46. The average Bonchev–Trinajstić information content (AvgIpc) is 3.27. The van der Waals surface area contributed by atoms with Gasteiger partial charge in [-0.25, -0.2) is 9.18 Å². The second-order valence-electron chi connectivity index (χ2n) is 12.1. The SMILES string of the molecule is CN1CCN(c2cc(Cl)c(C(=O)N3COc4c(cccc4-c4cc(N5C6CCC5COC6)c(C(=O)O)cc4F)C3)c(Cl)c2)CC1. The van der Waals surface area contributed by atoms with Crippen LogP contribution in [-0.4, -0.2) is 92.0 Å². The Hall–Kier alpha value is -3.57. The Morgan fingerprint density at radius 1 is 0.956 bits per heavy atom. The Kier molecular flexibility index (Phi) is 8.02.